The lowest BCUT2D eigenvalue weighted by atomic mass is 9.75. The first-order valence-electron chi connectivity index (χ1n) is 7.63. The first kappa shape index (κ1) is 14.5. The van der Waals surface area contributed by atoms with E-state index in [-0.39, 0.29) is 17.5 Å². The predicted octanol–water partition coefficient (Wildman–Crippen LogP) is 4.18. The third kappa shape index (κ3) is 2.83. The Morgan fingerprint density at radius 1 is 1.38 bits per heavy atom. The van der Waals surface area contributed by atoms with Gasteiger partial charge in [0.2, 0.25) is 0 Å². The topological polar surface area (TPSA) is 34.4 Å². The number of methoxy groups -OCH3 is 1. The molecule has 1 atom stereocenters. The van der Waals surface area contributed by atoms with Crippen LogP contribution in [0, 0.1) is 5.82 Å². The van der Waals surface area contributed by atoms with Crippen LogP contribution in [0.2, 0.25) is 0 Å². The van der Waals surface area contributed by atoms with Gasteiger partial charge in [-0.25, -0.2) is 4.39 Å². The van der Waals surface area contributed by atoms with Gasteiger partial charge in [-0.3, -0.25) is 0 Å². The molecule has 1 fully saturated rings. The van der Waals surface area contributed by atoms with E-state index in [9.17, 15) is 4.39 Å². The molecule has 0 amide bonds. The fraction of sp³-hybridized carbons (Fsp3) is 0.529. The highest BCUT2D eigenvalue weighted by atomic mass is 19.1. The van der Waals surface area contributed by atoms with Gasteiger partial charge in [-0.15, -0.1) is 0 Å². The number of benzene rings is 1. The van der Waals surface area contributed by atoms with Crippen LogP contribution in [0.25, 0.3) is 11.0 Å². The maximum Gasteiger partial charge on any atom is 0.134 e. The van der Waals surface area contributed by atoms with Crippen molar-refractivity contribution in [1.29, 1.82) is 0 Å². The van der Waals surface area contributed by atoms with Gasteiger partial charge in [-0.05, 0) is 56.5 Å². The first-order chi connectivity index (χ1) is 10.2. The van der Waals surface area contributed by atoms with Crippen LogP contribution >= 0.6 is 0 Å². The molecular formula is C17H22FNO2. The van der Waals surface area contributed by atoms with Crippen LogP contribution in [0.5, 0.6) is 0 Å². The standard InChI is InChI=1S/C17H22FNO2/c1-3-19-14(11-17(20-2)7-4-8-17)16-10-12-9-13(18)5-6-15(12)21-16/h5-6,9-10,14,19H,3-4,7-8,11H2,1-2H3. The minimum Gasteiger partial charge on any atom is -0.459 e. The van der Waals surface area contributed by atoms with Gasteiger partial charge in [0.25, 0.3) is 0 Å². The smallest absolute Gasteiger partial charge is 0.134 e. The van der Waals surface area contributed by atoms with E-state index in [0.29, 0.717) is 0 Å². The molecule has 3 nitrogen and oxygen atoms in total. The molecule has 1 aromatic heterocycles. The van der Waals surface area contributed by atoms with Crippen molar-refractivity contribution in [1.82, 2.24) is 5.32 Å². The van der Waals surface area contributed by atoms with Crippen LogP contribution in [0.1, 0.15) is 44.4 Å². The Balaban J connectivity index is 1.87. The highest BCUT2D eigenvalue weighted by Crippen LogP contribution is 2.42. The van der Waals surface area contributed by atoms with Crippen molar-refractivity contribution in [2.75, 3.05) is 13.7 Å². The van der Waals surface area contributed by atoms with Crippen LogP contribution in [0.15, 0.2) is 28.7 Å². The Kier molecular flexibility index (Phi) is 4.00. The number of hydrogen-bond acceptors (Lipinski definition) is 3. The van der Waals surface area contributed by atoms with Crippen molar-refractivity contribution >= 4 is 11.0 Å². The van der Waals surface area contributed by atoms with E-state index < -0.39 is 0 Å². The average Bonchev–Trinajstić information content (AvgIpc) is 2.84. The second kappa shape index (κ2) is 5.78. The molecule has 0 aliphatic heterocycles. The SMILES string of the molecule is CCNC(CC1(OC)CCC1)c1cc2cc(F)ccc2o1. The molecule has 0 radical (unpaired) electrons. The lowest BCUT2D eigenvalue weighted by Gasteiger charge is -2.42. The highest BCUT2D eigenvalue weighted by Gasteiger charge is 2.39. The summed E-state index contributed by atoms with van der Waals surface area (Å²) >= 11 is 0. The molecule has 1 aliphatic rings. The summed E-state index contributed by atoms with van der Waals surface area (Å²) in [6.45, 7) is 2.94. The summed E-state index contributed by atoms with van der Waals surface area (Å²) in [5.41, 5.74) is 0.700. The first-order valence-corrected chi connectivity index (χ1v) is 7.63. The van der Waals surface area contributed by atoms with Crippen molar-refractivity contribution in [3.8, 4) is 0 Å². The normalized spacial score (nSPS) is 18.6. The number of fused-ring (bicyclic) bond motifs is 1. The van der Waals surface area contributed by atoms with E-state index in [1.165, 1.54) is 18.6 Å². The minimum absolute atomic E-state index is 0.0307. The lowest BCUT2D eigenvalue weighted by molar-refractivity contribution is -0.0847. The van der Waals surface area contributed by atoms with Crippen LogP contribution in [-0.4, -0.2) is 19.3 Å². The third-order valence-electron chi connectivity index (χ3n) is 4.57. The van der Waals surface area contributed by atoms with E-state index in [1.54, 1.807) is 13.2 Å². The fourth-order valence-electron chi connectivity index (χ4n) is 3.16. The third-order valence-corrected chi connectivity index (χ3v) is 4.57. The summed E-state index contributed by atoms with van der Waals surface area (Å²) in [5.74, 6) is 0.628. The van der Waals surface area contributed by atoms with E-state index in [0.717, 1.165) is 42.5 Å². The van der Waals surface area contributed by atoms with Crippen LogP contribution < -0.4 is 5.32 Å². The predicted molar refractivity (Wildman–Crippen MR) is 80.8 cm³/mol. The summed E-state index contributed by atoms with van der Waals surface area (Å²) in [5, 5.41) is 4.28. The van der Waals surface area contributed by atoms with Gasteiger partial charge in [0.1, 0.15) is 17.2 Å². The Hall–Kier alpha value is -1.39. The molecule has 1 heterocycles. The number of hydrogen-bond donors (Lipinski definition) is 1. The van der Waals surface area contributed by atoms with E-state index >= 15 is 0 Å². The second-order valence-corrected chi connectivity index (χ2v) is 5.89. The Morgan fingerprint density at radius 3 is 2.81 bits per heavy atom. The molecule has 0 spiro atoms. The summed E-state index contributed by atoms with van der Waals surface area (Å²) in [7, 11) is 1.79. The summed E-state index contributed by atoms with van der Waals surface area (Å²) in [6, 6.07) is 6.67. The molecule has 3 rings (SSSR count). The Morgan fingerprint density at radius 2 is 2.19 bits per heavy atom. The summed E-state index contributed by atoms with van der Waals surface area (Å²) in [4.78, 5) is 0. The molecule has 4 heteroatoms. The second-order valence-electron chi connectivity index (χ2n) is 5.89. The molecule has 0 bridgehead atoms. The van der Waals surface area contributed by atoms with Gasteiger partial charge >= 0.3 is 0 Å². The zero-order valence-electron chi connectivity index (χ0n) is 12.6. The van der Waals surface area contributed by atoms with Crippen molar-refractivity contribution in [2.24, 2.45) is 0 Å². The number of furan rings is 1. The van der Waals surface area contributed by atoms with Crippen molar-refractivity contribution in [3.63, 3.8) is 0 Å². The largest absolute Gasteiger partial charge is 0.459 e. The zero-order valence-corrected chi connectivity index (χ0v) is 12.6. The molecule has 21 heavy (non-hydrogen) atoms. The molecule has 114 valence electrons. The average molecular weight is 291 g/mol. The van der Waals surface area contributed by atoms with Gasteiger partial charge in [-0.2, -0.15) is 0 Å². The van der Waals surface area contributed by atoms with Crippen LogP contribution in [0.3, 0.4) is 0 Å². The van der Waals surface area contributed by atoms with Crippen molar-refractivity contribution < 1.29 is 13.5 Å². The number of rotatable bonds is 6. The fourth-order valence-corrected chi connectivity index (χ4v) is 3.16. The van der Waals surface area contributed by atoms with Gasteiger partial charge in [0.05, 0.1) is 11.6 Å². The van der Waals surface area contributed by atoms with E-state index in [2.05, 4.69) is 12.2 Å². The molecule has 1 aromatic carbocycles. The molecule has 1 unspecified atom stereocenters. The maximum atomic E-state index is 13.3. The molecule has 1 N–H and O–H groups in total. The van der Waals surface area contributed by atoms with E-state index in [4.69, 9.17) is 9.15 Å². The molecule has 1 saturated carbocycles. The zero-order chi connectivity index (χ0) is 14.9. The van der Waals surface area contributed by atoms with Gasteiger partial charge in [-0.1, -0.05) is 6.92 Å². The molecule has 1 aliphatic carbocycles. The quantitative estimate of drug-likeness (QED) is 0.867. The van der Waals surface area contributed by atoms with E-state index in [1.807, 2.05) is 6.07 Å². The molecule has 2 aromatic rings. The Bertz CT molecular complexity index is 613. The monoisotopic (exact) mass is 291 g/mol. The van der Waals surface area contributed by atoms with Gasteiger partial charge < -0.3 is 14.5 Å². The maximum absolute atomic E-state index is 13.3. The summed E-state index contributed by atoms with van der Waals surface area (Å²) in [6.07, 6.45) is 4.30. The highest BCUT2D eigenvalue weighted by molar-refractivity contribution is 5.78. The van der Waals surface area contributed by atoms with Gasteiger partial charge in [0, 0.05) is 12.5 Å². The van der Waals surface area contributed by atoms with Crippen molar-refractivity contribution in [2.45, 2.75) is 44.2 Å². The minimum atomic E-state index is -0.234. The number of ether oxygens (including phenoxy) is 1. The van der Waals surface area contributed by atoms with Crippen molar-refractivity contribution in [3.05, 3.63) is 35.8 Å². The molecular weight excluding hydrogens is 269 g/mol. The van der Waals surface area contributed by atoms with Crippen LogP contribution in [-0.2, 0) is 4.74 Å². The number of halogens is 1. The summed E-state index contributed by atoms with van der Waals surface area (Å²) < 4.78 is 24.9. The van der Waals surface area contributed by atoms with Crippen LogP contribution in [0.4, 0.5) is 4.39 Å². The number of nitrogens with one attached hydrogen (secondary N) is 1. The van der Waals surface area contributed by atoms with Gasteiger partial charge in [0.15, 0.2) is 0 Å². The molecule has 0 saturated heterocycles. The Labute approximate surface area is 124 Å². The lowest BCUT2D eigenvalue weighted by Crippen LogP contribution is -2.42.